The van der Waals surface area contributed by atoms with Gasteiger partial charge in [-0.15, -0.1) is 0 Å². The van der Waals surface area contributed by atoms with Crippen molar-refractivity contribution >= 4 is 12.0 Å². The van der Waals surface area contributed by atoms with Gasteiger partial charge in [-0.05, 0) is 44.0 Å². The predicted molar refractivity (Wildman–Crippen MR) is 64.0 cm³/mol. The summed E-state index contributed by atoms with van der Waals surface area (Å²) in [6.07, 6.45) is 1.67. The van der Waals surface area contributed by atoms with Crippen LogP contribution in [0, 0.1) is 6.92 Å². The predicted octanol–water partition coefficient (Wildman–Crippen LogP) is 1.77. The molecule has 0 radical (unpaired) electrons. The molecule has 3 nitrogen and oxygen atoms in total. The molecule has 0 spiro atoms. The van der Waals surface area contributed by atoms with E-state index in [0.717, 1.165) is 36.1 Å². The van der Waals surface area contributed by atoms with Gasteiger partial charge in [-0.3, -0.25) is 4.79 Å². The number of aldehydes is 1. The van der Waals surface area contributed by atoms with Gasteiger partial charge >= 0.3 is 0 Å². The molecule has 1 aromatic carbocycles. The van der Waals surface area contributed by atoms with Crippen LogP contribution in [0.1, 0.15) is 29.3 Å². The molecule has 1 N–H and O–H groups in total. The maximum absolute atomic E-state index is 10.7. The van der Waals surface area contributed by atoms with Crippen LogP contribution in [0.4, 0.5) is 5.69 Å². The van der Waals surface area contributed by atoms with E-state index in [4.69, 9.17) is 0 Å². The molecule has 1 heterocycles. The van der Waals surface area contributed by atoms with E-state index in [-0.39, 0.29) is 0 Å². The molecule has 16 heavy (non-hydrogen) atoms. The lowest BCUT2D eigenvalue weighted by molar-refractivity contribution is 0.0839. The second-order valence-corrected chi connectivity index (χ2v) is 4.83. The second-order valence-electron chi connectivity index (χ2n) is 4.83. The molecule has 0 amide bonds. The summed E-state index contributed by atoms with van der Waals surface area (Å²) in [7, 11) is 0. The molecule has 86 valence electrons. The van der Waals surface area contributed by atoms with Crippen molar-refractivity contribution in [1.82, 2.24) is 0 Å². The molecule has 1 atom stereocenters. The summed E-state index contributed by atoms with van der Waals surface area (Å²) >= 11 is 0. The monoisotopic (exact) mass is 219 g/mol. The fraction of sp³-hybridized carbons (Fsp3) is 0.462. The first-order chi connectivity index (χ1) is 7.52. The number of nitrogens with zero attached hydrogens (tertiary/aromatic N) is 1. The van der Waals surface area contributed by atoms with Gasteiger partial charge in [0.05, 0.1) is 5.60 Å². The van der Waals surface area contributed by atoms with Crippen LogP contribution in [-0.2, 0) is 0 Å². The standard InChI is InChI=1S/C13H17NO2/c1-10-7-12(4-3-11(10)8-15)14-6-5-13(2,16)9-14/h3-4,7-8,16H,5-6,9H2,1-2H3. The smallest absolute Gasteiger partial charge is 0.150 e. The van der Waals surface area contributed by atoms with E-state index < -0.39 is 5.60 Å². The average molecular weight is 219 g/mol. The van der Waals surface area contributed by atoms with Gasteiger partial charge in [-0.2, -0.15) is 0 Å². The SMILES string of the molecule is Cc1cc(N2CCC(C)(O)C2)ccc1C=O. The number of benzene rings is 1. The van der Waals surface area contributed by atoms with Crippen LogP contribution in [0.5, 0.6) is 0 Å². The van der Waals surface area contributed by atoms with E-state index in [0.29, 0.717) is 6.54 Å². The Bertz CT molecular complexity index is 412. The zero-order chi connectivity index (χ0) is 11.8. The van der Waals surface area contributed by atoms with Gasteiger partial charge in [-0.1, -0.05) is 0 Å². The third kappa shape index (κ3) is 2.09. The lowest BCUT2D eigenvalue weighted by atomic mass is 10.1. The first kappa shape index (κ1) is 11.1. The highest BCUT2D eigenvalue weighted by Crippen LogP contribution is 2.27. The van der Waals surface area contributed by atoms with Crippen molar-refractivity contribution in [2.45, 2.75) is 25.9 Å². The molecule has 1 aromatic rings. The fourth-order valence-corrected chi connectivity index (χ4v) is 2.15. The molecule has 0 aromatic heterocycles. The van der Waals surface area contributed by atoms with Crippen LogP contribution in [0.25, 0.3) is 0 Å². The normalized spacial score (nSPS) is 24.8. The molecular weight excluding hydrogens is 202 g/mol. The summed E-state index contributed by atoms with van der Waals surface area (Å²) in [6.45, 7) is 5.32. The molecule has 1 fully saturated rings. The van der Waals surface area contributed by atoms with E-state index >= 15 is 0 Å². The van der Waals surface area contributed by atoms with Gasteiger partial charge in [0.1, 0.15) is 6.29 Å². The third-order valence-corrected chi connectivity index (χ3v) is 3.20. The minimum Gasteiger partial charge on any atom is -0.388 e. The topological polar surface area (TPSA) is 40.5 Å². The number of carbonyl (C=O) groups excluding carboxylic acids is 1. The van der Waals surface area contributed by atoms with Crippen LogP contribution >= 0.6 is 0 Å². The average Bonchev–Trinajstić information content (AvgIpc) is 2.59. The van der Waals surface area contributed by atoms with Gasteiger partial charge in [0.2, 0.25) is 0 Å². The Morgan fingerprint density at radius 1 is 1.50 bits per heavy atom. The Morgan fingerprint density at radius 2 is 2.25 bits per heavy atom. The van der Waals surface area contributed by atoms with Crippen molar-refractivity contribution in [3.05, 3.63) is 29.3 Å². The van der Waals surface area contributed by atoms with E-state index in [1.165, 1.54) is 0 Å². The van der Waals surface area contributed by atoms with Crippen LogP contribution in [0.3, 0.4) is 0 Å². The highest BCUT2D eigenvalue weighted by Gasteiger charge is 2.31. The number of anilines is 1. The maximum atomic E-state index is 10.7. The summed E-state index contributed by atoms with van der Waals surface area (Å²) in [5.74, 6) is 0. The number of hydrogen-bond acceptors (Lipinski definition) is 3. The number of rotatable bonds is 2. The summed E-state index contributed by atoms with van der Waals surface area (Å²) in [6, 6.07) is 5.79. The highest BCUT2D eigenvalue weighted by molar-refractivity contribution is 5.78. The Morgan fingerprint density at radius 3 is 2.75 bits per heavy atom. The van der Waals surface area contributed by atoms with Gasteiger partial charge in [0.15, 0.2) is 0 Å². The van der Waals surface area contributed by atoms with Gasteiger partial charge in [-0.25, -0.2) is 0 Å². The molecule has 1 aliphatic rings. The zero-order valence-electron chi connectivity index (χ0n) is 9.73. The van der Waals surface area contributed by atoms with Crippen LogP contribution in [-0.4, -0.2) is 30.1 Å². The first-order valence-corrected chi connectivity index (χ1v) is 5.55. The summed E-state index contributed by atoms with van der Waals surface area (Å²) in [4.78, 5) is 12.9. The van der Waals surface area contributed by atoms with Crippen molar-refractivity contribution in [1.29, 1.82) is 0 Å². The molecule has 0 aliphatic carbocycles. The van der Waals surface area contributed by atoms with Crippen molar-refractivity contribution in [2.75, 3.05) is 18.0 Å². The summed E-state index contributed by atoms with van der Waals surface area (Å²) in [5.41, 5.74) is 2.21. The largest absolute Gasteiger partial charge is 0.388 e. The van der Waals surface area contributed by atoms with Crippen molar-refractivity contribution < 1.29 is 9.90 Å². The number of β-amino-alcohol motifs (C(OH)–C–C–N with tert-alkyl or cyclic N) is 1. The molecule has 2 rings (SSSR count). The minimum atomic E-state index is -0.586. The molecular formula is C13H17NO2. The van der Waals surface area contributed by atoms with Gasteiger partial charge < -0.3 is 10.0 Å². The molecule has 0 saturated carbocycles. The molecule has 1 aliphatic heterocycles. The fourth-order valence-electron chi connectivity index (χ4n) is 2.15. The second kappa shape index (κ2) is 3.91. The summed E-state index contributed by atoms with van der Waals surface area (Å²) in [5, 5.41) is 9.90. The molecule has 1 unspecified atom stereocenters. The number of hydrogen-bond donors (Lipinski definition) is 1. The Balaban J connectivity index is 2.23. The van der Waals surface area contributed by atoms with Gasteiger partial charge in [0.25, 0.3) is 0 Å². The van der Waals surface area contributed by atoms with Crippen LogP contribution in [0.15, 0.2) is 18.2 Å². The zero-order valence-corrected chi connectivity index (χ0v) is 9.73. The lowest BCUT2D eigenvalue weighted by Crippen LogP contribution is -2.29. The van der Waals surface area contributed by atoms with Gasteiger partial charge in [0, 0.05) is 24.3 Å². The van der Waals surface area contributed by atoms with E-state index in [1.807, 2.05) is 32.0 Å². The third-order valence-electron chi connectivity index (χ3n) is 3.20. The number of aryl methyl sites for hydroxylation is 1. The Kier molecular flexibility index (Phi) is 2.72. The number of aliphatic hydroxyl groups is 1. The minimum absolute atomic E-state index is 0.586. The molecule has 0 bridgehead atoms. The number of carbonyl (C=O) groups is 1. The van der Waals surface area contributed by atoms with E-state index in [1.54, 1.807) is 0 Å². The Labute approximate surface area is 95.7 Å². The van der Waals surface area contributed by atoms with Crippen molar-refractivity contribution in [3.63, 3.8) is 0 Å². The maximum Gasteiger partial charge on any atom is 0.150 e. The van der Waals surface area contributed by atoms with Crippen molar-refractivity contribution in [3.8, 4) is 0 Å². The quantitative estimate of drug-likeness (QED) is 0.771. The highest BCUT2D eigenvalue weighted by atomic mass is 16.3. The molecule has 3 heteroatoms. The molecule has 1 saturated heterocycles. The summed E-state index contributed by atoms with van der Waals surface area (Å²) < 4.78 is 0. The van der Waals surface area contributed by atoms with E-state index in [2.05, 4.69) is 4.90 Å². The van der Waals surface area contributed by atoms with Crippen molar-refractivity contribution in [2.24, 2.45) is 0 Å². The van der Waals surface area contributed by atoms with Crippen LogP contribution < -0.4 is 4.90 Å². The van der Waals surface area contributed by atoms with Crippen LogP contribution in [0.2, 0.25) is 0 Å². The first-order valence-electron chi connectivity index (χ1n) is 5.55. The van der Waals surface area contributed by atoms with E-state index in [9.17, 15) is 9.90 Å². The lowest BCUT2D eigenvalue weighted by Gasteiger charge is -2.21. The Hall–Kier alpha value is -1.35.